The minimum atomic E-state index is -1.03. The molecule has 0 spiro atoms. The van der Waals surface area contributed by atoms with Crippen LogP contribution in [-0.4, -0.2) is 12.2 Å². The Bertz CT molecular complexity index is 433. The fourth-order valence-corrected chi connectivity index (χ4v) is 2.83. The first-order valence-corrected chi connectivity index (χ1v) is 6.52. The fraction of sp³-hybridized carbons (Fsp3) is 0.600. The van der Waals surface area contributed by atoms with E-state index in [4.69, 9.17) is 4.74 Å². The minimum absolute atomic E-state index is 0.376. The van der Waals surface area contributed by atoms with E-state index in [-0.39, 0.29) is 5.82 Å². The summed E-state index contributed by atoms with van der Waals surface area (Å²) < 4.78 is 19.0. The van der Waals surface area contributed by atoms with E-state index in [1.54, 1.807) is 12.1 Å². The van der Waals surface area contributed by atoms with Crippen molar-refractivity contribution in [3.8, 4) is 5.75 Å². The minimum Gasteiger partial charge on any atom is -0.497 e. The largest absolute Gasteiger partial charge is 0.497 e. The van der Waals surface area contributed by atoms with Crippen LogP contribution >= 0.6 is 0 Å². The van der Waals surface area contributed by atoms with Crippen molar-refractivity contribution < 1.29 is 14.2 Å². The molecule has 1 aliphatic carbocycles. The molecule has 3 heteroatoms. The summed E-state index contributed by atoms with van der Waals surface area (Å²) in [6, 6.07) is 4.70. The zero-order valence-corrected chi connectivity index (χ0v) is 11.2. The lowest BCUT2D eigenvalue weighted by Gasteiger charge is -2.39. The Morgan fingerprint density at radius 1 is 1.33 bits per heavy atom. The molecule has 3 unspecified atom stereocenters. The Morgan fingerprint density at radius 2 is 2.06 bits per heavy atom. The molecule has 1 aliphatic rings. The highest BCUT2D eigenvalue weighted by molar-refractivity contribution is 5.33. The van der Waals surface area contributed by atoms with Gasteiger partial charge in [-0.1, -0.05) is 13.8 Å². The highest BCUT2D eigenvalue weighted by Crippen LogP contribution is 2.43. The summed E-state index contributed by atoms with van der Waals surface area (Å²) in [6.07, 6.45) is 2.18. The van der Waals surface area contributed by atoms with E-state index >= 15 is 0 Å². The topological polar surface area (TPSA) is 29.5 Å². The van der Waals surface area contributed by atoms with Crippen molar-refractivity contribution in [2.24, 2.45) is 11.8 Å². The molecule has 1 aromatic carbocycles. The molecule has 1 N–H and O–H groups in total. The third-order valence-electron chi connectivity index (χ3n) is 4.32. The second kappa shape index (κ2) is 4.88. The van der Waals surface area contributed by atoms with Crippen LogP contribution in [0.4, 0.5) is 4.39 Å². The smallest absolute Gasteiger partial charge is 0.132 e. The van der Waals surface area contributed by atoms with E-state index < -0.39 is 5.60 Å². The number of hydrogen-bond acceptors (Lipinski definition) is 2. The molecule has 3 atom stereocenters. The van der Waals surface area contributed by atoms with Gasteiger partial charge < -0.3 is 9.84 Å². The van der Waals surface area contributed by atoms with Gasteiger partial charge in [-0.05, 0) is 43.2 Å². The van der Waals surface area contributed by atoms with Gasteiger partial charge in [-0.3, -0.25) is 0 Å². The zero-order valence-electron chi connectivity index (χ0n) is 11.2. The zero-order chi connectivity index (χ0) is 13.3. The number of methoxy groups -OCH3 is 1. The molecule has 2 rings (SSSR count). The van der Waals surface area contributed by atoms with Gasteiger partial charge in [-0.15, -0.1) is 0 Å². The molecule has 2 nitrogen and oxygen atoms in total. The summed E-state index contributed by atoms with van der Waals surface area (Å²) in [5.41, 5.74) is -0.621. The van der Waals surface area contributed by atoms with Gasteiger partial charge in [0, 0.05) is 11.6 Å². The fourth-order valence-electron chi connectivity index (χ4n) is 2.83. The number of ether oxygens (including phenoxy) is 1. The molecule has 0 aromatic heterocycles. The molecule has 18 heavy (non-hydrogen) atoms. The van der Waals surface area contributed by atoms with Gasteiger partial charge >= 0.3 is 0 Å². The van der Waals surface area contributed by atoms with Crippen LogP contribution in [-0.2, 0) is 5.60 Å². The maximum atomic E-state index is 14.1. The lowest BCUT2D eigenvalue weighted by Crippen LogP contribution is -2.36. The summed E-state index contributed by atoms with van der Waals surface area (Å²) in [5, 5.41) is 10.7. The Hall–Kier alpha value is -1.09. The van der Waals surface area contributed by atoms with Gasteiger partial charge in [0.2, 0.25) is 0 Å². The number of rotatable bonds is 2. The predicted molar refractivity (Wildman–Crippen MR) is 69.0 cm³/mol. The van der Waals surface area contributed by atoms with Crippen molar-refractivity contribution in [3.05, 3.63) is 29.6 Å². The first-order chi connectivity index (χ1) is 8.46. The first-order valence-electron chi connectivity index (χ1n) is 6.52. The van der Waals surface area contributed by atoms with E-state index in [1.165, 1.54) is 13.2 Å². The molecule has 1 fully saturated rings. The van der Waals surface area contributed by atoms with Crippen LogP contribution < -0.4 is 4.74 Å². The van der Waals surface area contributed by atoms with E-state index in [0.29, 0.717) is 36.0 Å². The van der Waals surface area contributed by atoms with Crippen molar-refractivity contribution in [2.75, 3.05) is 7.11 Å². The van der Waals surface area contributed by atoms with Crippen LogP contribution in [0.1, 0.15) is 38.7 Å². The number of halogens is 1. The Morgan fingerprint density at radius 3 is 2.61 bits per heavy atom. The average molecular weight is 252 g/mol. The predicted octanol–water partition coefficient (Wildman–Crippen LogP) is 3.48. The van der Waals surface area contributed by atoms with Crippen molar-refractivity contribution in [2.45, 2.75) is 38.7 Å². The molecule has 100 valence electrons. The van der Waals surface area contributed by atoms with Gasteiger partial charge in [0.05, 0.1) is 12.7 Å². The lowest BCUT2D eigenvalue weighted by molar-refractivity contribution is -0.0362. The average Bonchev–Trinajstić information content (AvgIpc) is 2.34. The molecule has 0 heterocycles. The van der Waals surface area contributed by atoms with Crippen molar-refractivity contribution in [3.63, 3.8) is 0 Å². The van der Waals surface area contributed by atoms with E-state index in [2.05, 4.69) is 13.8 Å². The Kier molecular flexibility index (Phi) is 3.62. The van der Waals surface area contributed by atoms with Crippen LogP contribution in [0.2, 0.25) is 0 Å². The summed E-state index contributed by atoms with van der Waals surface area (Å²) in [5.74, 6) is 1.10. The number of benzene rings is 1. The summed E-state index contributed by atoms with van der Waals surface area (Å²) >= 11 is 0. The standard InChI is InChI=1S/C15H21FO2/c1-10-6-7-15(17,9-11(10)2)13-5-4-12(18-3)8-14(13)16/h4-5,8,10-11,17H,6-7,9H2,1-3H3. The van der Waals surface area contributed by atoms with E-state index in [1.807, 2.05) is 0 Å². The van der Waals surface area contributed by atoms with Crippen LogP contribution in [0.25, 0.3) is 0 Å². The highest BCUT2D eigenvalue weighted by atomic mass is 19.1. The van der Waals surface area contributed by atoms with Crippen molar-refractivity contribution in [1.82, 2.24) is 0 Å². The summed E-state index contributed by atoms with van der Waals surface area (Å²) in [6.45, 7) is 4.31. The second-order valence-electron chi connectivity index (χ2n) is 5.57. The Labute approximate surface area is 108 Å². The van der Waals surface area contributed by atoms with Crippen molar-refractivity contribution in [1.29, 1.82) is 0 Å². The second-order valence-corrected chi connectivity index (χ2v) is 5.57. The molecule has 0 bridgehead atoms. The van der Waals surface area contributed by atoms with E-state index in [0.717, 1.165) is 6.42 Å². The first kappa shape index (κ1) is 13.3. The highest BCUT2D eigenvalue weighted by Gasteiger charge is 2.39. The van der Waals surface area contributed by atoms with Crippen molar-refractivity contribution >= 4 is 0 Å². The normalized spacial score (nSPS) is 32.3. The third kappa shape index (κ3) is 2.37. The molecule has 0 saturated heterocycles. The number of aliphatic hydroxyl groups is 1. The van der Waals surface area contributed by atoms with Crippen LogP contribution in [0.5, 0.6) is 5.75 Å². The molecule has 0 amide bonds. The summed E-state index contributed by atoms with van der Waals surface area (Å²) in [7, 11) is 1.51. The lowest BCUT2D eigenvalue weighted by atomic mass is 9.70. The molecule has 1 saturated carbocycles. The maximum Gasteiger partial charge on any atom is 0.132 e. The molecule has 0 aliphatic heterocycles. The number of hydrogen-bond donors (Lipinski definition) is 1. The molecular weight excluding hydrogens is 231 g/mol. The van der Waals surface area contributed by atoms with Gasteiger partial charge in [0.1, 0.15) is 11.6 Å². The quantitative estimate of drug-likeness (QED) is 0.873. The van der Waals surface area contributed by atoms with E-state index in [9.17, 15) is 9.50 Å². The molecule has 1 aromatic rings. The monoisotopic (exact) mass is 252 g/mol. The Balaban J connectivity index is 2.30. The third-order valence-corrected chi connectivity index (χ3v) is 4.32. The van der Waals surface area contributed by atoms with Gasteiger partial charge in [-0.25, -0.2) is 4.39 Å². The van der Waals surface area contributed by atoms with Gasteiger partial charge in [0.15, 0.2) is 0 Å². The van der Waals surface area contributed by atoms with Gasteiger partial charge in [-0.2, -0.15) is 0 Å². The molecular formula is C15H21FO2. The van der Waals surface area contributed by atoms with Crippen LogP contribution in [0.15, 0.2) is 18.2 Å². The van der Waals surface area contributed by atoms with Crippen LogP contribution in [0.3, 0.4) is 0 Å². The SMILES string of the molecule is COc1ccc(C2(O)CCC(C)C(C)C2)c(F)c1. The van der Waals surface area contributed by atoms with Crippen LogP contribution in [0, 0.1) is 17.7 Å². The molecule has 0 radical (unpaired) electrons. The van der Waals surface area contributed by atoms with Gasteiger partial charge in [0.25, 0.3) is 0 Å². The summed E-state index contributed by atoms with van der Waals surface area (Å²) in [4.78, 5) is 0. The maximum absolute atomic E-state index is 14.1.